The maximum absolute atomic E-state index is 12.4. The molecule has 1 unspecified atom stereocenters. The van der Waals surface area contributed by atoms with E-state index in [1.807, 2.05) is 41.3 Å². The maximum atomic E-state index is 12.4. The highest BCUT2D eigenvalue weighted by molar-refractivity contribution is 5.75. The summed E-state index contributed by atoms with van der Waals surface area (Å²) in [6.45, 7) is 1.71. The molecule has 2 aliphatic heterocycles. The number of fused-ring (bicyclic) bond motifs is 1. The third-order valence-corrected chi connectivity index (χ3v) is 4.59. The van der Waals surface area contributed by atoms with Gasteiger partial charge in [-0.25, -0.2) is 4.79 Å². The zero-order chi connectivity index (χ0) is 16.4. The molecule has 124 valence electrons. The van der Waals surface area contributed by atoms with Gasteiger partial charge in [0.1, 0.15) is 0 Å². The van der Waals surface area contributed by atoms with E-state index in [0.717, 1.165) is 36.4 Å². The van der Waals surface area contributed by atoms with E-state index >= 15 is 0 Å². The molecule has 1 N–H and O–H groups in total. The summed E-state index contributed by atoms with van der Waals surface area (Å²) in [4.78, 5) is 14.3. The van der Waals surface area contributed by atoms with Crippen LogP contribution in [0.5, 0.6) is 11.5 Å². The van der Waals surface area contributed by atoms with Gasteiger partial charge in [-0.05, 0) is 36.1 Å². The fraction of sp³-hybridized carbons (Fsp3) is 0.316. The standard InChI is InChI=1S/C19H20N2O3/c22-19(21-11-9-16(21)15-4-2-1-3-5-15)20-10-8-14-6-7-17-18(12-14)24-13-23-17/h1-7,12,16H,8-11,13H2,(H,20,22). The lowest BCUT2D eigenvalue weighted by Gasteiger charge is -2.41. The molecule has 2 aromatic carbocycles. The summed E-state index contributed by atoms with van der Waals surface area (Å²) in [5, 5.41) is 3.02. The van der Waals surface area contributed by atoms with Gasteiger partial charge in [0.15, 0.2) is 11.5 Å². The van der Waals surface area contributed by atoms with Crippen molar-refractivity contribution < 1.29 is 14.3 Å². The fourth-order valence-electron chi connectivity index (χ4n) is 3.16. The van der Waals surface area contributed by atoms with Crippen molar-refractivity contribution in [2.75, 3.05) is 19.9 Å². The second-order valence-corrected chi connectivity index (χ2v) is 6.08. The second kappa shape index (κ2) is 6.43. The number of likely N-dealkylation sites (tertiary alicyclic amines) is 1. The number of hydrogen-bond acceptors (Lipinski definition) is 3. The van der Waals surface area contributed by atoms with Gasteiger partial charge in [-0.1, -0.05) is 36.4 Å². The van der Waals surface area contributed by atoms with Crippen molar-refractivity contribution in [2.45, 2.75) is 18.9 Å². The Morgan fingerprint density at radius 1 is 1.12 bits per heavy atom. The monoisotopic (exact) mass is 324 g/mol. The zero-order valence-electron chi connectivity index (χ0n) is 13.4. The highest BCUT2D eigenvalue weighted by Gasteiger charge is 2.32. The van der Waals surface area contributed by atoms with E-state index in [9.17, 15) is 4.79 Å². The molecule has 1 atom stereocenters. The first-order valence-corrected chi connectivity index (χ1v) is 8.29. The van der Waals surface area contributed by atoms with Crippen molar-refractivity contribution in [3.8, 4) is 11.5 Å². The van der Waals surface area contributed by atoms with Gasteiger partial charge in [0.2, 0.25) is 6.79 Å². The van der Waals surface area contributed by atoms with E-state index in [2.05, 4.69) is 17.4 Å². The lowest BCUT2D eigenvalue weighted by molar-refractivity contribution is 0.115. The predicted octanol–water partition coefficient (Wildman–Crippen LogP) is 3.11. The Hall–Kier alpha value is -2.69. The van der Waals surface area contributed by atoms with Crippen LogP contribution in [0.2, 0.25) is 0 Å². The quantitative estimate of drug-likeness (QED) is 0.940. The first kappa shape index (κ1) is 14.9. The number of carbonyl (C=O) groups is 1. The summed E-state index contributed by atoms with van der Waals surface area (Å²) in [5.41, 5.74) is 2.33. The molecule has 2 aromatic rings. The van der Waals surface area contributed by atoms with Crippen LogP contribution in [0.1, 0.15) is 23.6 Å². The van der Waals surface area contributed by atoms with Crippen LogP contribution in [0, 0.1) is 0 Å². The van der Waals surface area contributed by atoms with Crippen LogP contribution >= 0.6 is 0 Å². The Morgan fingerprint density at radius 2 is 1.96 bits per heavy atom. The number of nitrogens with one attached hydrogen (secondary N) is 1. The summed E-state index contributed by atoms with van der Waals surface area (Å²) in [5.74, 6) is 1.57. The Bertz CT molecular complexity index is 733. The first-order valence-electron chi connectivity index (χ1n) is 8.29. The fourth-order valence-corrected chi connectivity index (χ4v) is 3.16. The van der Waals surface area contributed by atoms with Gasteiger partial charge in [-0.2, -0.15) is 0 Å². The Morgan fingerprint density at radius 3 is 2.75 bits per heavy atom. The summed E-state index contributed by atoms with van der Waals surface area (Å²) >= 11 is 0. The normalized spacial score (nSPS) is 18.2. The number of rotatable bonds is 4. The highest BCUT2D eigenvalue weighted by atomic mass is 16.7. The van der Waals surface area contributed by atoms with Crippen LogP contribution in [0.4, 0.5) is 4.79 Å². The number of urea groups is 1. The molecule has 0 saturated carbocycles. The molecular weight excluding hydrogens is 304 g/mol. The molecule has 4 rings (SSSR count). The molecule has 0 radical (unpaired) electrons. The van der Waals surface area contributed by atoms with Crippen molar-refractivity contribution in [3.05, 3.63) is 59.7 Å². The van der Waals surface area contributed by atoms with Crippen LogP contribution in [0.25, 0.3) is 0 Å². The van der Waals surface area contributed by atoms with Gasteiger partial charge in [0.25, 0.3) is 0 Å². The minimum Gasteiger partial charge on any atom is -0.454 e. The van der Waals surface area contributed by atoms with Crippen LogP contribution in [0.3, 0.4) is 0 Å². The number of ether oxygens (including phenoxy) is 2. The molecule has 2 aliphatic rings. The Balaban J connectivity index is 1.29. The lowest BCUT2D eigenvalue weighted by Crippen LogP contribution is -2.50. The van der Waals surface area contributed by atoms with Crippen LogP contribution in [-0.2, 0) is 6.42 Å². The SMILES string of the molecule is O=C(NCCc1ccc2c(c1)OCO2)N1CCC1c1ccccc1. The van der Waals surface area contributed by atoms with Crippen molar-refractivity contribution in [1.29, 1.82) is 0 Å². The van der Waals surface area contributed by atoms with Crippen LogP contribution < -0.4 is 14.8 Å². The summed E-state index contributed by atoms with van der Waals surface area (Å²) in [7, 11) is 0. The van der Waals surface area contributed by atoms with E-state index in [1.165, 1.54) is 5.56 Å². The lowest BCUT2D eigenvalue weighted by atomic mass is 9.95. The van der Waals surface area contributed by atoms with Crippen molar-refractivity contribution in [3.63, 3.8) is 0 Å². The molecule has 2 amide bonds. The van der Waals surface area contributed by atoms with Crippen molar-refractivity contribution in [1.82, 2.24) is 10.2 Å². The van der Waals surface area contributed by atoms with Gasteiger partial charge in [0.05, 0.1) is 6.04 Å². The number of amides is 2. The molecule has 0 bridgehead atoms. The topological polar surface area (TPSA) is 50.8 Å². The second-order valence-electron chi connectivity index (χ2n) is 6.08. The minimum atomic E-state index is 0.0100. The minimum absolute atomic E-state index is 0.0100. The van der Waals surface area contributed by atoms with Gasteiger partial charge in [-0.15, -0.1) is 0 Å². The molecule has 5 heteroatoms. The Kier molecular flexibility index (Phi) is 3.99. The molecule has 0 aliphatic carbocycles. The predicted molar refractivity (Wildman–Crippen MR) is 90.2 cm³/mol. The molecule has 0 aromatic heterocycles. The van der Waals surface area contributed by atoms with Crippen molar-refractivity contribution >= 4 is 6.03 Å². The number of benzene rings is 2. The zero-order valence-corrected chi connectivity index (χ0v) is 13.4. The van der Waals surface area contributed by atoms with Crippen LogP contribution in [0.15, 0.2) is 48.5 Å². The molecule has 5 nitrogen and oxygen atoms in total. The van der Waals surface area contributed by atoms with E-state index < -0.39 is 0 Å². The molecule has 2 heterocycles. The molecule has 0 spiro atoms. The first-order chi connectivity index (χ1) is 11.8. The van der Waals surface area contributed by atoms with Gasteiger partial charge < -0.3 is 19.7 Å². The third-order valence-electron chi connectivity index (χ3n) is 4.59. The highest BCUT2D eigenvalue weighted by Crippen LogP contribution is 2.33. The van der Waals surface area contributed by atoms with Gasteiger partial charge in [0, 0.05) is 13.1 Å². The number of carbonyl (C=O) groups excluding carboxylic acids is 1. The van der Waals surface area contributed by atoms with E-state index in [0.29, 0.717) is 6.54 Å². The van der Waals surface area contributed by atoms with E-state index in [-0.39, 0.29) is 18.9 Å². The number of hydrogen-bond donors (Lipinski definition) is 1. The summed E-state index contributed by atoms with van der Waals surface area (Å²) in [6, 6.07) is 16.3. The molecular formula is C19H20N2O3. The van der Waals surface area contributed by atoms with Crippen LogP contribution in [-0.4, -0.2) is 30.8 Å². The van der Waals surface area contributed by atoms with E-state index in [4.69, 9.17) is 9.47 Å². The van der Waals surface area contributed by atoms with E-state index in [1.54, 1.807) is 0 Å². The smallest absolute Gasteiger partial charge is 0.317 e. The average molecular weight is 324 g/mol. The van der Waals surface area contributed by atoms with Crippen molar-refractivity contribution in [2.24, 2.45) is 0 Å². The molecule has 1 fully saturated rings. The van der Waals surface area contributed by atoms with Gasteiger partial charge >= 0.3 is 6.03 Å². The Labute approximate surface area is 141 Å². The molecule has 1 saturated heterocycles. The average Bonchev–Trinajstić information content (AvgIpc) is 3.02. The van der Waals surface area contributed by atoms with Gasteiger partial charge in [-0.3, -0.25) is 0 Å². The third kappa shape index (κ3) is 2.89. The number of nitrogens with zero attached hydrogens (tertiary/aromatic N) is 1. The maximum Gasteiger partial charge on any atom is 0.317 e. The molecule has 24 heavy (non-hydrogen) atoms. The summed E-state index contributed by atoms with van der Waals surface area (Å²) in [6.07, 6.45) is 1.80. The largest absolute Gasteiger partial charge is 0.454 e. The summed E-state index contributed by atoms with van der Waals surface area (Å²) < 4.78 is 10.7.